The number of hydrogen-bond acceptors (Lipinski definition) is 4. The number of amides is 1. The molecule has 6 nitrogen and oxygen atoms in total. The van der Waals surface area contributed by atoms with Crippen molar-refractivity contribution < 1.29 is 18.3 Å². The molecule has 0 bridgehead atoms. The van der Waals surface area contributed by atoms with E-state index in [0.29, 0.717) is 9.26 Å². The third-order valence-corrected chi connectivity index (χ3v) is 3.79. The van der Waals surface area contributed by atoms with Gasteiger partial charge in [0.15, 0.2) is 0 Å². The molecule has 0 saturated carbocycles. The molecule has 0 saturated heterocycles. The Labute approximate surface area is 113 Å². The largest absolute Gasteiger partial charge is 0.465 e. The van der Waals surface area contributed by atoms with Gasteiger partial charge in [-0.25, -0.2) is 13.2 Å². The van der Waals surface area contributed by atoms with E-state index in [4.69, 9.17) is 5.11 Å². The smallest absolute Gasteiger partial charge is 0.411 e. The molecule has 1 heterocycles. The second-order valence-corrected chi connectivity index (χ2v) is 6.81. The molecular weight excluding hydrogens is 359 g/mol. The van der Waals surface area contributed by atoms with Crippen LogP contribution in [0.5, 0.6) is 0 Å². The number of rotatable bonds is 4. The van der Waals surface area contributed by atoms with Crippen molar-refractivity contribution in [3.05, 3.63) is 22.0 Å². The Morgan fingerprint density at radius 1 is 1.59 bits per heavy atom. The van der Waals surface area contributed by atoms with Gasteiger partial charge in [-0.3, -0.25) is 9.88 Å². The fourth-order valence-electron chi connectivity index (χ4n) is 1.14. The molecule has 0 aliphatic heterocycles. The molecule has 8 heteroatoms. The number of nitrogens with zero attached hydrogens (tertiary/aromatic N) is 2. The van der Waals surface area contributed by atoms with E-state index < -0.39 is 15.9 Å². The van der Waals surface area contributed by atoms with Crippen LogP contribution >= 0.6 is 22.6 Å². The number of pyridine rings is 1. The van der Waals surface area contributed by atoms with Crippen molar-refractivity contribution in [2.45, 2.75) is 0 Å². The molecular formula is C9H11IN2O4S. The van der Waals surface area contributed by atoms with Crippen molar-refractivity contribution in [1.82, 2.24) is 4.98 Å². The van der Waals surface area contributed by atoms with Gasteiger partial charge in [-0.05, 0) is 28.7 Å². The molecule has 0 aromatic carbocycles. The molecule has 1 aromatic heterocycles. The van der Waals surface area contributed by atoms with Crippen LogP contribution in [0.2, 0.25) is 0 Å². The van der Waals surface area contributed by atoms with Gasteiger partial charge in [0.2, 0.25) is 0 Å². The lowest BCUT2D eigenvalue weighted by atomic mass is 10.4. The predicted molar refractivity (Wildman–Crippen MR) is 72.0 cm³/mol. The zero-order valence-electron chi connectivity index (χ0n) is 9.00. The van der Waals surface area contributed by atoms with E-state index in [1.165, 1.54) is 6.20 Å². The van der Waals surface area contributed by atoms with Gasteiger partial charge in [0, 0.05) is 22.6 Å². The first-order valence-corrected chi connectivity index (χ1v) is 7.73. The first-order valence-electron chi connectivity index (χ1n) is 4.59. The van der Waals surface area contributed by atoms with Crippen LogP contribution in [0.4, 0.5) is 10.5 Å². The summed E-state index contributed by atoms with van der Waals surface area (Å²) in [5.74, 6) is -0.218. The van der Waals surface area contributed by atoms with Crippen molar-refractivity contribution in [1.29, 1.82) is 0 Å². The highest BCUT2D eigenvalue weighted by Gasteiger charge is 2.18. The normalized spacial score (nSPS) is 11.2. The summed E-state index contributed by atoms with van der Waals surface area (Å²) in [4.78, 5) is 15.9. The lowest BCUT2D eigenvalue weighted by Gasteiger charge is -2.19. The standard InChI is InChI=1S/C9H11IN2O4S/c1-17(15,16)5-4-12(9(13)14)8-6-11-3-2-7(8)10/h2-3,6H,4-5H2,1H3,(H,13,14). The summed E-state index contributed by atoms with van der Waals surface area (Å²) in [5, 5.41) is 9.05. The first kappa shape index (κ1) is 14.2. The van der Waals surface area contributed by atoms with Crippen LogP contribution in [0.25, 0.3) is 0 Å². The van der Waals surface area contributed by atoms with Crippen molar-refractivity contribution in [2.75, 3.05) is 23.5 Å². The van der Waals surface area contributed by atoms with Crippen LogP contribution in [-0.2, 0) is 9.84 Å². The quantitative estimate of drug-likeness (QED) is 0.806. The molecule has 0 spiro atoms. The fourth-order valence-corrected chi connectivity index (χ4v) is 2.25. The average molecular weight is 370 g/mol. The van der Waals surface area contributed by atoms with Gasteiger partial charge < -0.3 is 5.11 Å². The Morgan fingerprint density at radius 3 is 2.71 bits per heavy atom. The highest BCUT2D eigenvalue weighted by molar-refractivity contribution is 14.1. The zero-order valence-corrected chi connectivity index (χ0v) is 12.0. The van der Waals surface area contributed by atoms with Gasteiger partial charge in [-0.1, -0.05) is 0 Å². The van der Waals surface area contributed by atoms with Gasteiger partial charge in [0.1, 0.15) is 9.84 Å². The third kappa shape index (κ3) is 4.46. The molecule has 94 valence electrons. The molecule has 1 rings (SSSR count). The minimum atomic E-state index is -3.20. The Kier molecular flexibility index (Phi) is 4.69. The number of halogens is 1. The monoisotopic (exact) mass is 370 g/mol. The highest BCUT2D eigenvalue weighted by Crippen LogP contribution is 2.20. The number of sulfone groups is 1. The second-order valence-electron chi connectivity index (χ2n) is 3.39. The fraction of sp³-hybridized carbons (Fsp3) is 0.333. The van der Waals surface area contributed by atoms with Gasteiger partial charge in [-0.2, -0.15) is 0 Å². The molecule has 0 radical (unpaired) electrons. The van der Waals surface area contributed by atoms with Gasteiger partial charge in [0.25, 0.3) is 0 Å². The van der Waals surface area contributed by atoms with Gasteiger partial charge in [0.05, 0.1) is 17.6 Å². The lowest BCUT2D eigenvalue weighted by Crippen LogP contribution is -2.34. The Balaban J connectivity index is 2.95. The van der Waals surface area contributed by atoms with Crippen LogP contribution in [0.3, 0.4) is 0 Å². The second kappa shape index (κ2) is 5.63. The number of aromatic nitrogens is 1. The van der Waals surface area contributed by atoms with E-state index in [1.807, 2.05) is 22.6 Å². The molecule has 0 unspecified atom stereocenters. The van der Waals surface area contributed by atoms with Crippen molar-refractivity contribution in [3.8, 4) is 0 Å². The van der Waals surface area contributed by atoms with Crippen LogP contribution in [-0.4, -0.2) is 43.2 Å². The Morgan fingerprint density at radius 2 is 2.24 bits per heavy atom. The minimum absolute atomic E-state index is 0.101. The van der Waals surface area contributed by atoms with Crippen LogP contribution < -0.4 is 4.90 Å². The number of hydrogen-bond donors (Lipinski definition) is 1. The molecule has 17 heavy (non-hydrogen) atoms. The van der Waals surface area contributed by atoms with Crippen LogP contribution in [0.15, 0.2) is 18.5 Å². The molecule has 1 N–H and O–H groups in total. The Hall–Kier alpha value is -0.900. The maximum absolute atomic E-state index is 11.1. The Bertz CT molecular complexity index is 517. The molecule has 0 fully saturated rings. The topological polar surface area (TPSA) is 87.6 Å². The summed E-state index contributed by atoms with van der Waals surface area (Å²) in [6.45, 7) is -0.101. The van der Waals surface area contributed by atoms with E-state index in [1.54, 1.807) is 12.3 Å². The van der Waals surface area contributed by atoms with Crippen molar-refractivity contribution in [2.24, 2.45) is 0 Å². The molecule has 0 aliphatic carbocycles. The lowest BCUT2D eigenvalue weighted by molar-refractivity contribution is 0.202. The molecule has 0 aliphatic rings. The summed E-state index contributed by atoms with van der Waals surface area (Å²) in [5.41, 5.74) is 0.393. The number of carboxylic acid groups (broad SMARTS) is 1. The molecule has 0 atom stereocenters. The SMILES string of the molecule is CS(=O)(=O)CCN(C(=O)O)c1cnccc1I. The first-order chi connectivity index (χ1) is 7.81. The van der Waals surface area contributed by atoms with Crippen LogP contribution in [0, 0.1) is 3.57 Å². The summed E-state index contributed by atoms with van der Waals surface area (Å²) in [7, 11) is -3.20. The number of anilines is 1. The van der Waals surface area contributed by atoms with E-state index >= 15 is 0 Å². The van der Waals surface area contributed by atoms with Gasteiger partial charge in [-0.15, -0.1) is 0 Å². The van der Waals surface area contributed by atoms with E-state index in [9.17, 15) is 13.2 Å². The number of carbonyl (C=O) groups is 1. The summed E-state index contributed by atoms with van der Waals surface area (Å²) in [6, 6.07) is 1.66. The van der Waals surface area contributed by atoms with Gasteiger partial charge >= 0.3 is 6.09 Å². The molecule has 1 aromatic rings. The summed E-state index contributed by atoms with van der Waals surface area (Å²) >= 11 is 1.98. The van der Waals surface area contributed by atoms with E-state index in [2.05, 4.69) is 4.98 Å². The van der Waals surface area contributed by atoms with E-state index in [0.717, 1.165) is 11.2 Å². The maximum Gasteiger partial charge on any atom is 0.411 e. The average Bonchev–Trinajstić information content (AvgIpc) is 2.18. The third-order valence-electron chi connectivity index (χ3n) is 1.96. The molecule has 1 amide bonds. The zero-order chi connectivity index (χ0) is 13.1. The van der Waals surface area contributed by atoms with E-state index in [-0.39, 0.29) is 12.3 Å². The summed E-state index contributed by atoms with van der Waals surface area (Å²) < 4.78 is 22.8. The predicted octanol–water partition coefficient (Wildman–Crippen LogP) is 1.22. The minimum Gasteiger partial charge on any atom is -0.465 e. The maximum atomic E-state index is 11.1. The summed E-state index contributed by atoms with van der Waals surface area (Å²) in [6.07, 6.45) is 2.82. The highest BCUT2D eigenvalue weighted by atomic mass is 127. The van der Waals surface area contributed by atoms with Crippen molar-refractivity contribution in [3.63, 3.8) is 0 Å². The van der Waals surface area contributed by atoms with Crippen molar-refractivity contribution >= 4 is 44.2 Å². The van der Waals surface area contributed by atoms with Crippen LogP contribution in [0.1, 0.15) is 0 Å².